The molecule has 0 bridgehead atoms. The standard InChI is InChI=1S/C22H30N2O2S/c1-4-24(5-2)16-19-9-7-18(8-10-19)15-23-22(25)17-27-21-13-11-20(12-14-21)26-6-3/h7-14H,4-6,15-17H2,1-3H3,(H,23,25). The number of nitrogens with one attached hydrogen (secondary N) is 1. The molecule has 146 valence electrons. The molecule has 0 unspecified atom stereocenters. The Morgan fingerprint density at radius 1 is 0.963 bits per heavy atom. The van der Waals surface area contributed by atoms with Crippen molar-refractivity contribution in [3.8, 4) is 5.75 Å². The van der Waals surface area contributed by atoms with E-state index < -0.39 is 0 Å². The highest BCUT2D eigenvalue weighted by molar-refractivity contribution is 8.00. The molecule has 0 heterocycles. The molecule has 1 amide bonds. The van der Waals surface area contributed by atoms with Gasteiger partial charge in [0.25, 0.3) is 0 Å². The predicted octanol–water partition coefficient (Wildman–Crippen LogP) is 4.34. The average molecular weight is 387 g/mol. The van der Waals surface area contributed by atoms with Crippen molar-refractivity contribution in [3.63, 3.8) is 0 Å². The second-order valence-electron chi connectivity index (χ2n) is 6.25. The Hall–Kier alpha value is -1.98. The van der Waals surface area contributed by atoms with Crippen molar-refractivity contribution in [2.75, 3.05) is 25.4 Å². The molecule has 0 saturated heterocycles. The molecule has 0 saturated carbocycles. The predicted molar refractivity (Wildman–Crippen MR) is 113 cm³/mol. The van der Waals surface area contributed by atoms with Crippen LogP contribution in [0.3, 0.4) is 0 Å². The van der Waals surface area contributed by atoms with Gasteiger partial charge in [-0.2, -0.15) is 0 Å². The van der Waals surface area contributed by atoms with Crippen molar-refractivity contribution in [2.24, 2.45) is 0 Å². The van der Waals surface area contributed by atoms with E-state index in [0.717, 1.165) is 35.8 Å². The number of amides is 1. The summed E-state index contributed by atoms with van der Waals surface area (Å²) in [6.45, 7) is 10.6. The van der Waals surface area contributed by atoms with Gasteiger partial charge < -0.3 is 10.1 Å². The largest absolute Gasteiger partial charge is 0.494 e. The summed E-state index contributed by atoms with van der Waals surface area (Å²) in [6.07, 6.45) is 0. The zero-order valence-corrected chi connectivity index (χ0v) is 17.3. The number of benzene rings is 2. The molecule has 0 aromatic heterocycles. The first kappa shape index (κ1) is 21.3. The van der Waals surface area contributed by atoms with Crippen LogP contribution in [0.15, 0.2) is 53.4 Å². The number of ether oxygens (including phenoxy) is 1. The monoisotopic (exact) mass is 386 g/mol. The molecule has 0 radical (unpaired) electrons. The van der Waals surface area contributed by atoms with Gasteiger partial charge in [0, 0.05) is 18.0 Å². The highest BCUT2D eigenvalue weighted by Crippen LogP contribution is 2.21. The third-order valence-electron chi connectivity index (χ3n) is 4.32. The van der Waals surface area contributed by atoms with Crippen molar-refractivity contribution in [3.05, 3.63) is 59.7 Å². The van der Waals surface area contributed by atoms with Crippen LogP contribution in [-0.2, 0) is 17.9 Å². The first-order chi connectivity index (χ1) is 13.1. The maximum atomic E-state index is 12.1. The van der Waals surface area contributed by atoms with Gasteiger partial charge in [0.1, 0.15) is 5.75 Å². The minimum Gasteiger partial charge on any atom is -0.494 e. The molecule has 4 nitrogen and oxygen atoms in total. The van der Waals surface area contributed by atoms with E-state index in [9.17, 15) is 4.79 Å². The van der Waals surface area contributed by atoms with Crippen LogP contribution in [0.1, 0.15) is 31.9 Å². The van der Waals surface area contributed by atoms with Crippen LogP contribution >= 0.6 is 11.8 Å². The summed E-state index contributed by atoms with van der Waals surface area (Å²) < 4.78 is 5.42. The third kappa shape index (κ3) is 7.65. The lowest BCUT2D eigenvalue weighted by molar-refractivity contribution is -0.118. The number of hydrogen-bond acceptors (Lipinski definition) is 4. The molecule has 2 aromatic rings. The fraction of sp³-hybridized carbons (Fsp3) is 0.409. The zero-order valence-electron chi connectivity index (χ0n) is 16.5. The first-order valence-electron chi connectivity index (χ1n) is 9.57. The highest BCUT2D eigenvalue weighted by atomic mass is 32.2. The summed E-state index contributed by atoms with van der Waals surface area (Å²) in [5, 5.41) is 2.99. The lowest BCUT2D eigenvalue weighted by atomic mass is 10.1. The van der Waals surface area contributed by atoms with Gasteiger partial charge in [-0.1, -0.05) is 38.1 Å². The Kier molecular flexibility index (Phi) is 9.22. The number of rotatable bonds is 11. The van der Waals surface area contributed by atoms with Gasteiger partial charge in [-0.3, -0.25) is 9.69 Å². The molecule has 27 heavy (non-hydrogen) atoms. The van der Waals surface area contributed by atoms with Crippen LogP contribution in [0.25, 0.3) is 0 Å². The van der Waals surface area contributed by atoms with E-state index in [1.807, 2.05) is 31.2 Å². The SMILES string of the molecule is CCOc1ccc(SCC(=O)NCc2ccc(CN(CC)CC)cc2)cc1. The number of hydrogen-bond donors (Lipinski definition) is 1. The van der Waals surface area contributed by atoms with E-state index in [1.165, 1.54) is 17.3 Å². The summed E-state index contributed by atoms with van der Waals surface area (Å²) in [5.74, 6) is 1.31. The lowest BCUT2D eigenvalue weighted by Gasteiger charge is -2.18. The van der Waals surface area contributed by atoms with Gasteiger partial charge in [-0.15, -0.1) is 11.8 Å². The molecule has 0 atom stereocenters. The topological polar surface area (TPSA) is 41.6 Å². The summed E-state index contributed by atoms with van der Waals surface area (Å²) in [7, 11) is 0. The number of thioether (sulfide) groups is 1. The maximum absolute atomic E-state index is 12.1. The smallest absolute Gasteiger partial charge is 0.230 e. The first-order valence-corrected chi connectivity index (χ1v) is 10.6. The normalized spacial score (nSPS) is 10.8. The maximum Gasteiger partial charge on any atom is 0.230 e. The van der Waals surface area contributed by atoms with Crippen molar-refractivity contribution < 1.29 is 9.53 Å². The van der Waals surface area contributed by atoms with Gasteiger partial charge in [-0.25, -0.2) is 0 Å². The van der Waals surface area contributed by atoms with Crippen LogP contribution in [0.4, 0.5) is 0 Å². The summed E-state index contributed by atoms with van der Waals surface area (Å²) in [4.78, 5) is 15.5. The van der Waals surface area contributed by atoms with Gasteiger partial charge in [0.2, 0.25) is 5.91 Å². The van der Waals surface area contributed by atoms with Gasteiger partial charge >= 0.3 is 0 Å². The Labute approximate surface area is 167 Å². The van der Waals surface area contributed by atoms with E-state index in [1.54, 1.807) is 0 Å². The second-order valence-corrected chi connectivity index (χ2v) is 7.30. The molecular weight excluding hydrogens is 356 g/mol. The van der Waals surface area contributed by atoms with Crippen molar-refractivity contribution in [1.82, 2.24) is 10.2 Å². The van der Waals surface area contributed by atoms with Crippen LogP contribution in [-0.4, -0.2) is 36.3 Å². The zero-order chi connectivity index (χ0) is 19.5. The van der Waals surface area contributed by atoms with E-state index in [0.29, 0.717) is 18.9 Å². The van der Waals surface area contributed by atoms with E-state index in [4.69, 9.17) is 4.74 Å². The van der Waals surface area contributed by atoms with E-state index >= 15 is 0 Å². The molecule has 2 aromatic carbocycles. The van der Waals surface area contributed by atoms with Crippen LogP contribution in [0, 0.1) is 0 Å². The molecule has 0 aliphatic heterocycles. The molecule has 0 aliphatic carbocycles. The Morgan fingerprint density at radius 2 is 1.59 bits per heavy atom. The van der Waals surface area contributed by atoms with Gasteiger partial charge in [0.05, 0.1) is 12.4 Å². The summed E-state index contributed by atoms with van der Waals surface area (Å²) in [5.41, 5.74) is 2.43. The fourth-order valence-corrected chi connectivity index (χ4v) is 3.40. The minimum atomic E-state index is 0.0427. The molecule has 2 rings (SSSR count). The Morgan fingerprint density at radius 3 is 2.19 bits per heavy atom. The fourth-order valence-electron chi connectivity index (χ4n) is 2.67. The van der Waals surface area contributed by atoms with Crippen LogP contribution in [0.2, 0.25) is 0 Å². The number of nitrogens with zero attached hydrogens (tertiary/aromatic N) is 1. The number of carbonyl (C=O) groups is 1. The Balaban J connectivity index is 1.73. The highest BCUT2D eigenvalue weighted by Gasteiger charge is 2.05. The third-order valence-corrected chi connectivity index (χ3v) is 5.33. The summed E-state index contributed by atoms with van der Waals surface area (Å²) >= 11 is 1.53. The van der Waals surface area contributed by atoms with Crippen molar-refractivity contribution >= 4 is 17.7 Å². The van der Waals surface area contributed by atoms with Crippen molar-refractivity contribution in [1.29, 1.82) is 0 Å². The van der Waals surface area contributed by atoms with Gasteiger partial charge in [0.15, 0.2) is 0 Å². The summed E-state index contributed by atoms with van der Waals surface area (Å²) in [6, 6.07) is 16.3. The van der Waals surface area contributed by atoms with E-state index in [-0.39, 0.29) is 5.91 Å². The molecular formula is C22H30N2O2S. The van der Waals surface area contributed by atoms with E-state index in [2.05, 4.69) is 48.3 Å². The van der Waals surface area contributed by atoms with Crippen LogP contribution in [0.5, 0.6) is 5.75 Å². The molecule has 0 spiro atoms. The van der Waals surface area contributed by atoms with Crippen LogP contribution < -0.4 is 10.1 Å². The quantitative estimate of drug-likeness (QED) is 0.584. The molecule has 0 fully saturated rings. The lowest BCUT2D eigenvalue weighted by Crippen LogP contribution is -2.24. The minimum absolute atomic E-state index is 0.0427. The average Bonchev–Trinajstić information content (AvgIpc) is 2.71. The van der Waals surface area contributed by atoms with Gasteiger partial charge in [-0.05, 0) is 55.4 Å². The van der Waals surface area contributed by atoms with Crippen molar-refractivity contribution in [2.45, 2.75) is 38.8 Å². The second kappa shape index (κ2) is 11.7. The number of carbonyl (C=O) groups excluding carboxylic acids is 1. The molecule has 5 heteroatoms. The Bertz CT molecular complexity index is 682. The molecule has 1 N–H and O–H groups in total. The molecule has 0 aliphatic rings.